The van der Waals surface area contributed by atoms with Crippen LogP contribution in [0.5, 0.6) is 0 Å². The normalized spacial score (nSPS) is 19.1. The van der Waals surface area contributed by atoms with Gasteiger partial charge in [0, 0.05) is 18.1 Å². The summed E-state index contributed by atoms with van der Waals surface area (Å²) >= 11 is 0. The third-order valence-corrected chi connectivity index (χ3v) is 4.11. The molecule has 2 aromatic rings. The average molecular weight is 285 g/mol. The van der Waals surface area contributed by atoms with E-state index in [-0.39, 0.29) is 0 Å². The molecule has 2 N–H and O–H groups in total. The zero-order valence-corrected chi connectivity index (χ0v) is 12.7. The molecular formula is C17H23N3O. The Hall–Kier alpha value is -1.81. The smallest absolute Gasteiger partial charge is 0.130 e. The van der Waals surface area contributed by atoms with Crippen LogP contribution in [0.15, 0.2) is 30.3 Å². The quantitative estimate of drug-likeness (QED) is 0.939. The molecule has 0 saturated carbocycles. The summed E-state index contributed by atoms with van der Waals surface area (Å²) in [6.07, 6.45) is 2.23. The van der Waals surface area contributed by atoms with Crippen LogP contribution in [0.2, 0.25) is 0 Å². The minimum Gasteiger partial charge on any atom is -0.383 e. The van der Waals surface area contributed by atoms with Gasteiger partial charge in [0.15, 0.2) is 0 Å². The van der Waals surface area contributed by atoms with E-state index < -0.39 is 0 Å². The number of benzene rings is 1. The third-order valence-electron chi connectivity index (χ3n) is 4.11. The van der Waals surface area contributed by atoms with Crippen molar-refractivity contribution in [1.29, 1.82) is 0 Å². The summed E-state index contributed by atoms with van der Waals surface area (Å²) in [5.41, 5.74) is 9.71. The van der Waals surface area contributed by atoms with Gasteiger partial charge in [0.2, 0.25) is 0 Å². The number of nitrogens with two attached hydrogens (primary N) is 1. The fourth-order valence-corrected chi connectivity index (χ4v) is 3.08. The van der Waals surface area contributed by atoms with Gasteiger partial charge in [-0.15, -0.1) is 0 Å². The lowest BCUT2D eigenvalue weighted by molar-refractivity contribution is 0.0789. The molecule has 4 heteroatoms. The average Bonchev–Trinajstić information content (AvgIpc) is 2.87. The van der Waals surface area contributed by atoms with E-state index >= 15 is 0 Å². The molecule has 0 amide bonds. The molecule has 0 aliphatic carbocycles. The highest BCUT2D eigenvalue weighted by Crippen LogP contribution is 2.35. The molecule has 1 saturated heterocycles. The number of hydrogen-bond donors (Lipinski definition) is 1. The number of para-hydroxylation sites is 1. The molecule has 1 aliphatic heterocycles. The Labute approximate surface area is 125 Å². The van der Waals surface area contributed by atoms with E-state index in [0.717, 1.165) is 43.3 Å². The van der Waals surface area contributed by atoms with Crippen molar-refractivity contribution in [3.63, 3.8) is 0 Å². The minimum absolute atomic E-state index is 0.361. The third kappa shape index (κ3) is 2.68. The number of aromatic nitrogens is 2. The van der Waals surface area contributed by atoms with Crippen molar-refractivity contribution in [3.05, 3.63) is 41.6 Å². The van der Waals surface area contributed by atoms with Crippen LogP contribution >= 0.6 is 0 Å². The molecule has 3 rings (SSSR count). The molecule has 21 heavy (non-hydrogen) atoms. The summed E-state index contributed by atoms with van der Waals surface area (Å²) in [6.45, 7) is 5.97. The predicted molar refractivity (Wildman–Crippen MR) is 84.9 cm³/mol. The van der Waals surface area contributed by atoms with Crippen LogP contribution in [-0.4, -0.2) is 23.0 Å². The molecule has 4 nitrogen and oxygen atoms in total. The molecule has 0 radical (unpaired) electrons. The summed E-state index contributed by atoms with van der Waals surface area (Å²) in [7, 11) is 0. The van der Waals surface area contributed by atoms with Gasteiger partial charge in [0.1, 0.15) is 5.82 Å². The van der Waals surface area contributed by atoms with E-state index in [9.17, 15) is 0 Å². The lowest BCUT2D eigenvalue weighted by atomic mass is 9.91. The Balaban J connectivity index is 2.07. The van der Waals surface area contributed by atoms with Crippen molar-refractivity contribution in [2.45, 2.75) is 38.5 Å². The van der Waals surface area contributed by atoms with Gasteiger partial charge in [-0.3, -0.25) is 0 Å². The highest BCUT2D eigenvalue weighted by atomic mass is 16.5. The number of anilines is 1. The maximum atomic E-state index is 6.40. The topological polar surface area (TPSA) is 53.1 Å². The fourth-order valence-electron chi connectivity index (χ4n) is 3.08. The summed E-state index contributed by atoms with van der Waals surface area (Å²) < 4.78 is 7.51. The SMILES string of the molecule is CC(C)c1c(C2CCCOC2)nn(-c2ccccc2)c1N. The lowest BCUT2D eigenvalue weighted by Gasteiger charge is -2.22. The summed E-state index contributed by atoms with van der Waals surface area (Å²) in [4.78, 5) is 0. The van der Waals surface area contributed by atoms with Crippen LogP contribution in [-0.2, 0) is 4.74 Å². The Morgan fingerprint density at radius 1 is 1.29 bits per heavy atom. The first-order valence-corrected chi connectivity index (χ1v) is 7.70. The molecule has 1 aromatic heterocycles. The van der Waals surface area contributed by atoms with Crippen LogP contribution < -0.4 is 5.73 Å². The maximum absolute atomic E-state index is 6.40. The molecule has 1 fully saturated rings. The highest BCUT2D eigenvalue weighted by Gasteiger charge is 2.27. The van der Waals surface area contributed by atoms with Gasteiger partial charge in [0.25, 0.3) is 0 Å². The van der Waals surface area contributed by atoms with E-state index in [2.05, 4.69) is 13.8 Å². The second-order valence-corrected chi connectivity index (χ2v) is 6.00. The van der Waals surface area contributed by atoms with Gasteiger partial charge < -0.3 is 10.5 Å². The zero-order valence-electron chi connectivity index (χ0n) is 12.7. The molecule has 1 aromatic carbocycles. The predicted octanol–water partition coefficient (Wildman–Crippen LogP) is 3.47. The monoisotopic (exact) mass is 285 g/mol. The molecule has 0 bridgehead atoms. The van der Waals surface area contributed by atoms with E-state index in [0.29, 0.717) is 11.8 Å². The first-order valence-electron chi connectivity index (χ1n) is 7.70. The van der Waals surface area contributed by atoms with Crippen molar-refractivity contribution in [1.82, 2.24) is 9.78 Å². The van der Waals surface area contributed by atoms with Crippen LogP contribution in [0, 0.1) is 0 Å². The number of hydrogen-bond acceptors (Lipinski definition) is 3. The van der Waals surface area contributed by atoms with E-state index in [1.54, 1.807) is 0 Å². The number of nitrogens with zero attached hydrogens (tertiary/aromatic N) is 2. The lowest BCUT2D eigenvalue weighted by Crippen LogP contribution is -2.17. The summed E-state index contributed by atoms with van der Waals surface area (Å²) in [5, 5.41) is 4.84. The second kappa shape index (κ2) is 5.90. The Morgan fingerprint density at radius 2 is 2.05 bits per heavy atom. The first kappa shape index (κ1) is 14.1. The van der Waals surface area contributed by atoms with Crippen molar-refractivity contribution in [3.8, 4) is 5.69 Å². The molecular weight excluding hydrogens is 262 g/mol. The van der Waals surface area contributed by atoms with Crippen molar-refractivity contribution >= 4 is 5.82 Å². The summed E-state index contributed by atoms with van der Waals surface area (Å²) in [6, 6.07) is 10.1. The van der Waals surface area contributed by atoms with E-state index in [1.165, 1.54) is 5.56 Å². The van der Waals surface area contributed by atoms with Gasteiger partial charge in [-0.25, -0.2) is 4.68 Å². The molecule has 0 spiro atoms. The molecule has 112 valence electrons. The first-order chi connectivity index (χ1) is 10.2. The molecule has 1 atom stereocenters. The largest absolute Gasteiger partial charge is 0.383 e. The minimum atomic E-state index is 0.361. The van der Waals surface area contributed by atoms with Crippen LogP contribution in [0.25, 0.3) is 5.69 Å². The standard InChI is InChI=1S/C17H23N3O/c1-12(2)15-16(13-7-6-10-21-11-13)19-20(17(15)18)14-8-4-3-5-9-14/h3-5,8-9,12-13H,6-7,10-11,18H2,1-2H3. The van der Waals surface area contributed by atoms with Crippen LogP contribution in [0.3, 0.4) is 0 Å². The maximum Gasteiger partial charge on any atom is 0.130 e. The zero-order chi connectivity index (χ0) is 14.8. The van der Waals surface area contributed by atoms with E-state index in [1.807, 2.05) is 35.0 Å². The van der Waals surface area contributed by atoms with Crippen molar-refractivity contribution in [2.75, 3.05) is 18.9 Å². The summed E-state index contributed by atoms with van der Waals surface area (Å²) in [5.74, 6) is 1.49. The van der Waals surface area contributed by atoms with Crippen LogP contribution in [0.4, 0.5) is 5.82 Å². The Morgan fingerprint density at radius 3 is 2.67 bits per heavy atom. The number of nitrogen functional groups attached to an aromatic ring is 1. The van der Waals surface area contributed by atoms with E-state index in [4.69, 9.17) is 15.6 Å². The van der Waals surface area contributed by atoms with Gasteiger partial charge in [-0.05, 0) is 30.9 Å². The highest BCUT2D eigenvalue weighted by molar-refractivity contribution is 5.52. The Kier molecular flexibility index (Phi) is 3.97. The van der Waals surface area contributed by atoms with Crippen LogP contribution in [0.1, 0.15) is 49.8 Å². The molecule has 1 aliphatic rings. The number of ether oxygens (including phenoxy) is 1. The van der Waals surface area contributed by atoms with Gasteiger partial charge in [-0.2, -0.15) is 5.10 Å². The van der Waals surface area contributed by atoms with Crippen molar-refractivity contribution < 1.29 is 4.74 Å². The van der Waals surface area contributed by atoms with Gasteiger partial charge in [0.05, 0.1) is 18.0 Å². The molecule has 1 unspecified atom stereocenters. The fraction of sp³-hybridized carbons (Fsp3) is 0.471. The van der Waals surface area contributed by atoms with Gasteiger partial charge >= 0.3 is 0 Å². The van der Waals surface area contributed by atoms with Gasteiger partial charge in [-0.1, -0.05) is 32.0 Å². The Bertz CT molecular complexity index is 598. The van der Waals surface area contributed by atoms with Crippen molar-refractivity contribution in [2.24, 2.45) is 0 Å². The number of rotatable bonds is 3. The molecule has 2 heterocycles. The second-order valence-electron chi connectivity index (χ2n) is 6.00.